The second-order valence-corrected chi connectivity index (χ2v) is 17.2. The molecule has 0 fully saturated rings. The summed E-state index contributed by atoms with van der Waals surface area (Å²) in [6.07, 6.45) is 6.64. The van der Waals surface area contributed by atoms with Crippen molar-refractivity contribution < 1.29 is 9.15 Å². The number of anilines is 5. The Kier molecular flexibility index (Phi) is 6.83. The van der Waals surface area contributed by atoms with E-state index in [0.717, 1.165) is 39.1 Å². The quantitative estimate of drug-likeness (QED) is 0.180. The Balaban J connectivity index is 1.01. The third-order valence-corrected chi connectivity index (χ3v) is 13.4. The number of furan rings is 1. The Morgan fingerprint density at radius 2 is 1.07 bits per heavy atom. The van der Waals surface area contributed by atoms with Crippen LogP contribution in [0.3, 0.4) is 0 Å². The highest BCUT2D eigenvalue weighted by atomic mass is 16.5. The van der Waals surface area contributed by atoms with Gasteiger partial charge < -0.3 is 19.0 Å². The lowest BCUT2D eigenvalue weighted by Gasteiger charge is -2.44. The Bertz CT molecular complexity index is 3090. The molecule has 4 heteroatoms. The largest absolute Gasteiger partial charge is 0.483 e. The molecule has 58 heavy (non-hydrogen) atoms. The highest BCUT2D eigenvalue weighted by Crippen LogP contribution is 2.56. The molecule has 0 bridgehead atoms. The van der Waals surface area contributed by atoms with Gasteiger partial charge in [0.1, 0.15) is 17.4 Å². The minimum absolute atomic E-state index is 0.108. The van der Waals surface area contributed by atoms with Gasteiger partial charge in [-0.15, -0.1) is 0 Å². The molecule has 280 valence electrons. The summed E-state index contributed by atoms with van der Waals surface area (Å²) in [4.78, 5) is 4.88. The second kappa shape index (κ2) is 11.9. The molecule has 0 saturated carbocycles. The molecule has 8 aromatic rings. The predicted molar refractivity (Wildman–Crippen MR) is 237 cm³/mol. The molecular weight excluding hydrogens is 709 g/mol. The molecule has 2 unspecified atom stereocenters. The first-order chi connectivity index (χ1) is 28.3. The summed E-state index contributed by atoms with van der Waals surface area (Å²) in [6.45, 7) is 9.47. The average Bonchev–Trinajstić information content (AvgIpc) is 3.83. The van der Waals surface area contributed by atoms with Crippen molar-refractivity contribution in [2.75, 3.05) is 9.80 Å². The van der Waals surface area contributed by atoms with Crippen LogP contribution in [0.2, 0.25) is 0 Å². The zero-order valence-electron chi connectivity index (χ0n) is 33.0. The number of ether oxygens (including phenoxy) is 1. The lowest BCUT2D eigenvalue weighted by molar-refractivity contribution is 0.253. The number of allylic oxidation sites excluding steroid dienone is 2. The van der Waals surface area contributed by atoms with Gasteiger partial charge in [-0.2, -0.15) is 0 Å². The van der Waals surface area contributed by atoms with Gasteiger partial charge >= 0.3 is 0 Å². The maximum Gasteiger partial charge on any atom is 0.159 e. The highest BCUT2D eigenvalue weighted by molar-refractivity contribution is 6.10. The summed E-state index contributed by atoms with van der Waals surface area (Å²) < 4.78 is 13.4. The third kappa shape index (κ3) is 4.51. The van der Waals surface area contributed by atoms with Gasteiger partial charge in [-0.1, -0.05) is 137 Å². The van der Waals surface area contributed by atoms with E-state index < -0.39 is 0 Å². The first kappa shape index (κ1) is 33.4. The molecule has 3 aliphatic heterocycles. The highest BCUT2D eigenvalue weighted by Gasteiger charge is 2.44. The topological polar surface area (TPSA) is 28.9 Å². The van der Waals surface area contributed by atoms with Crippen molar-refractivity contribution in [1.82, 2.24) is 0 Å². The number of rotatable bonds is 3. The number of benzene rings is 7. The molecule has 1 aromatic heterocycles. The fourth-order valence-corrected chi connectivity index (χ4v) is 10.5. The number of para-hydroxylation sites is 5. The molecule has 4 nitrogen and oxygen atoms in total. The molecule has 12 rings (SSSR count). The van der Waals surface area contributed by atoms with Crippen molar-refractivity contribution in [2.45, 2.75) is 50.5 Å². The van der Waals surface area contributed by atoms with E-state index in [1.165, 1.54) is 61.7 Å². The summed E-state index contributed by atoms with van der Waals surface area (Å²) in [7, 11) is 0. The predicted octanol–water partition coefficient (Wildman–Crippen LogP) is 14.1. The normalized spacial score (nSPS) is 19.1. The van der Waals surface area contributed by atoms with Crippen LogP contribution in [0.1, 0.15) is 61.4 Å². The van der Waals surface area contributed by atoms with Crippen LogP contribution in [0.4, 0.5) is 28.4 Å². The van der Waals surface area contributed by atoms with Crippen LogP contribution in [0, 0.1) is 0 Å². The summed E-state index contributed by atoms with van der Waals surface area (Å²) >= 11 is 0. The van der Waals surface area contributed by atoms with E-state index in [9.17, 15) is 0 Å². The number of hydrogen-bond donors (Lipinski definition) is 0. The molecular formula is C54H42N2O2. The fraction of sp³-hybridized carbons (Fsp3) is 0.148. The van der Waals surface area contributed by atoms with E-state index >= 15 is 0 Å². The van der Waals surface area contributed by atoms with Crippen molar-refractivity contribution in [3.63, 3.8) is 0 Å². The number of fused-ring (bicyclic) bond motifs is 10. The molecule has 0 saturated heterocycles. The van der Waals surface area contributed by atoms with E-state index in [-0.39, 0.29) is 22.9 Å². The maximum absolute atomic E-state index is 6.76. The van der Waals surface area contributed by atoms with Crippen molar-refractivity contribution in [3.8, 4) is 16.9 Å². The minimum atomic E-state index is -0.250. The van der Waals surface area contributed by atoms with Gasteiger partial charge in [0.15, 0.2) is 5.58 Å². The van der Waals surface area contributed by atoms with Gasteiger partial charge in [-0.25, -0.2) is 0 Å². The number of nitrogens with zero attached hydrogens (tertiary/aromatic N) is 2. The summed E-state index contributed by atoms with van der Waals surface area (Å²) in [5.74, 6) is 1.14. The Morgan fingerprint density at radius 1 is 0.500 bits per heavy atom. The van der Waals surface area contributed by atoms with Crippen LogP contribution in [-0.4, -0.2) is 6.10 Å². The van der Waals surface area contributed by atoms with Gasteiger partial charge in [0, 0.05) is 33.1 Å². The fourth-order valence-electron chi connectivity index (χ4n) is 10.5. The third-order valence-electron chi connectivity index (χ3n) is 13.4. The Hall–Kier alpha value is -6.78. The first-order valence-electron chi connectivity index (χ1n) is 20.4. The lowest BCUT2D eigenvalue weighted by Crippen LogP contribution is -2.38. The molecule has 7 aromatic carbocycles. The monoisotopic (exact) mass is 750 g/mol. The summed E-state index contributed by atoms with van der Waals surface area (Å²) in [5, 5.41) is 2.26. The van der Waals surface area contributed by atoms with E-state index in [1.807, 2.05) is 6.07 Å². The lowest BCUT2D eigenvalue weighted by atomic mass is 9.71. The number of hydrogen-bond acceptors (Lipinski definition) is 4. The maximum atomic E-state index is 6.76. The smallest absolute Gasteiger partial charge is 0.159 e. The summed E-state index contributed by atoms with van der Waals surface area (Å²) in [6, 6.07) is 55.3. The van der Waals surface area contributed by atoms with Crippen LogP contribution in [0.5, 0.6) is 5.75 Å². The first-order valence-corrected chi connectivity index (χ1v) is 20.4. The molecule has 2 atom stereocenters. The van der Waals surface area contributed by atoms with Crippen LogP contribution >= 0.6 is 0 Å². The molecule has 0 radical (unpaired) electrons. The molecule has 4 heterocycles. The van der Waals surface area contributed by atoms with E-state index in [1.54, 1.807) is 0 Å². The van der Waals surface area contributed by atoms with Gasteiger partial charge in [-0.3, -0.25) is 0 Å². The zero-order chi connectivity index (χ0) is 38.9. The van der Waals surface area contributed by atoms with Crippen LogP contribution < -0.4 is 14.5 Å². The van der Waals surface area contributed by atoms with Gasteiger partial charge in [0.05, 0.1) is 34.1 Å². The molecule has 0 spiro atoms. The van der Waals surface area contributed by atoms with Crippen molar-refractivity contribution in [2.24, 2.45) is 0 Å². The van der Waals surface area contributed by atoms with Gasteiger partial charge in [-0.05, 0) is 94.1 Å². The summed E-state index contributed by atoms with van der Waals surface area (Å²) in [5.41, 5.74) is 17.1. The standard InChI is InChI=1S/C54H42N2O2/c1-53(2)39-19-7-9-21-43(39)55(47-23-13-17-37-35-15-5-11-25-49(35)57-51(37)47)45-29-27-33(31-41(45)53)34-28-30-46-42(32-34)54(3,4)40-20-8-10-22-44(40)56(46)48-24-14-18-38-36-16-6-12-26-50(36)58-52(38)48/h5-32,37,51H,1-4H3. The van der Waals surface area contributed by atoms with Gasteiger partial charge in [0.2, 0.25) is 0 Å². The molecule has 0 amide bonds. The second-order valence-electron chi connectivity index (χ2n) is 17.2. The minimum Gasteiger partial charge on any atom is -0.483 e. The zero-order valence-corrected chi connectivity index (χ0v) is 33.0. The van der Waals surface area contributed by atoms with Crippen molar-refractivity contribution in [3.05, 3.63) is 203 Å². The van der Waals surface area contributed by atoms with E-state index in [4.69, 9.17) is 9.15 Å². The molecule has 0 N–H and O–H groups in total. The van der Waals surface area contributed by atoms with Crippen LogP contribution in [0.15, 0.2) is 180 Å². The SMILES string of the molecule is CC1(C)c2ccccc2N(C2=CC=CC3c4ccccc4OC23)c2ccc(-c3ccc4c(c3)C(C)(C)c3ccccc3N4c3cccc4c3oc3ccccc34)cc21. The van der Waals surface area contributed by atoms with Gasteiger partial charge in [0.25, 0.3) is 0 Å². The van der Waals surface area contributed by atoms with Crippen molar-refractivity contribution in [1.29, 1.82) is 0 Å². The molecule has 1 aliphatic carbocycles. The van der Waals surface area contributed by atoms with Crippen LogP contribution in [0.25, 0.3) is 33.1 Å². The molecule has 4 aliphatic rings. The van der Waals surface area contributed by atoms with E-state index in [2.05, 4.69) is 201 Å². The average molecular weight is 751 g/mol. The Labute approximate surface area is 338 Å². The van der Waals surface area contributed by atoms with Crippen molar-refractivity contribution >= 4 is 50.4 Å². The van der Waals surface area contributed by atoms with Crippen LogP contribution in [-0.2, 0) is 10.8 Å². The Morgan fingerprint density at radius 3 is 1.81 bits per heavy atom. The van der Waals surface area contributed by atoms with E-state index in [0.29, 0.717) is 0 Å².